The smallest absolute Gasteiger partial charge is 0.237 e. The summed E-state index contributed by atoms with van der Waals surface area (Å²) in [5.41, 5.74) is -0.245. The number of nitrogens with one attached hydrogen (secondary N) is 3. The molecule has 1 amide bonds. The van der Waals surface area contributed by atoms with Crippen LogP contribution in [0.25, 0.3) is 0 Å². The van der Waals surface area contributed by atoms with Crippen molar-refractivity contribution in [3.05, 3.63) is 0 Å². The largest absolute Gasteiger partial charge is 0.350 e. The lowest BCUT2D eigenvalue weighted by molar-refractivity contribution is -0.124. The van der Waals surface area contributed by atoms with Crippen molar-refractivity contribution < 1.29 is 13.2 Å². The minimum atomic E-state index is -3.12. The Morgan fingerprint density at radius 2 is 1.78 bits per heavy atom. The van der Waals surface area contributed by atoms with Crippen molar-refractivity contribution in [1.29, 1.82) is 0 Å². The zero-order valence-corrected chi connectivity index (χ0v) is 12.6. The van der Waals surface area contributed by atoms with Crippen molar-refractivity contribution in [2.24, 2.45) is 0 Å². The van der Waals surface area contributed by atoms with E-state index < -0.39 is 10.0 Å². The quantitative estimate of drug-likeness (QED) is 0.564. The Morgan fingerprint density at radius 1 is 1.22 bits per heavy atom. The Bertz CT molecular complexity index is 360. The molecule has 0 heterocycles. The van der Waals surface area contributed by atoms with Crippen LogP contribution in [0.2, 0.25) is 0 Å². The van der Waals surface area contributed by atoms with E-state index in [1.54, 1.807) is 6.92 Å². The normalized spacial score (nSPS) is 14.3. The standard InChI is InChI=1S/C11H25N3O3S/c1-9(10(15)14-11(2,3)4)12-7-6-8-13-18(5,16)17/h9,12-13H,6-8H2,1-5H3,(H,14,15). The molecule has 0 spiro atoms. The van der Waals surface area contributed by atoms with Gasteiger partial charge in [-0.3, -0.25) is 4.79 Å². The highest BCUT2D eigenvalue weighted by Crippen LogP contribution is 1.99. The monoisotopic (exact) mass is 279 g/mol. The predicted molar refractivity (Wildman–Crippen MR) is 72.8 cm³/mol. The SMILES string of the molecule is CC(NCCCNS(C)(=O)=O)C(=O)NC(C)(C)C. The third-order valence-electron chi connectivity index (χ3n) is 2.06. The number of sulfonamides is 1. The summed E-state index contributed by atoms with van der Waals surface area (Å²) in [6.45, 7) is 8.51. The molecule has 0 aromatic heterocycles. The highest BCUT2D eigenvalue weighted by atomic mass is 32.2. The summed E-state index contributed by atoms with van der Waals surface area (Å²) in [5, 5.41) is 5.92. The number of rotatable bonds is 7. The molecule has 0 aliphatic carbocycles. The molecular weight excluding hydrogens is 254 g/mol. The molecular formula is C11H25N3O3S. The molecule has 0 aromatic carbocycles. The zero-order valence-electron chi connectivity index (χ0n) is 11.8. The summed E-state index contributed by atoms with van der Waals surface area (Å²) in [6, 6.07) is -0.289. The van der Waals surface area contributed by atoms with Gasteiger partial charge in [-0.15, -0.1) is 0 Å². The molecule has 0 aliphatic rings. The molecule has 6 nitrogen and oxygen atoms in total. The van der Waals surface area contributed by atoms with E-state index in [9.17, 15) is 13.2 Å². The molecule has 0 saturated heterocycles. The van der Waals surface area contributed by atoms with Gasteiger partial charge >= 0.3 is 0 Å². The summed E-state index contributed by atoms with van der Waals surface area (Å²) < 4.78 is 24.0. The molecule has 108 valence electrons. The number of amides is 1. The topological polar surface area (TPSA) is 87.3 Å². The van der Waals surface area contributed by atoms with Crippen LogP contribution in [0.15, 0.2) is 0 Å². The fraction of sp³-hybridized carbons (Fsp3) is 0.909. The van der Waals surface area contributed by atoms with Gasteiger partial charge in [-0.2, -0.15) is 0 Å². The van der Waals surface area contributed by atoms with Crippen LogP contribution in [-0.2, 0) is 14.8 Å². The first-order valence-corrected chi connectivity index (χ1v) is 7.90. The van der Waals surface area contributed by atoms with Gasteiger partial charge < -0.3 is 10.6 Å². The first kappa shape index (κ1) is 17.3. The van der Waals surface area contributed by atoms with E-state index in [4.69, 9.17) is 0 Å². The van der Waals surface area contributed by atoms with Crippen molar-refractivity contribution in [2.45, 2.75) is 45.7 Å². The highest BCUT2D eigenvalue weighted by Gasteiger charge is 2.18. The Labute approximate surface area is 110 Å². The first-order valence-electron chi connectivity index (χ1n) is 6.01. The molecule has 0 rings (SSSR count). The second kappa shape index (κ2) is 7.06. The minimum Gasteiger partial charge on any atom is -0.350 e. The Morgan fingerprint density at radius 3 is 2.22 bits per heavy atom. The maximum absolute atomic E-state index is 11.7. The van der Waals surface area contributed by atoms with Gasteiger partial charge in [-0.25, -0.2) is 13.1 Å². The molecule has 0 aliphatic heterocycles. The van der Waals surface area contributed by atoms with Crippen LogP contribution in [0.3, 0.4) is 0 Å². The molecule has 0 radical (unpaired) electrons. The molecule has 1 atom stereocenters. The third kappa shape index (κ3) is 10.5. The predicted octanol–water partition coefficient (Wildman–Crippen LogP) is -0.181. The maximum atomic E-state index is 11.7. The fourth-order valence-corrected chi connectivity index (χ4v) is 1.75. The molecule has 3 N–H and O–H groups in total. The number of hydrogen-bond acceptors (Lipinski definition) is 4. The van der Waals surface area contributed by atoms with Gasteiger partial charge in [0.2, 0.25) is 15.9 Å². The van der Waals surface area contributed by atoms with E-state index in [1.807, 2.05) is 20.8 Å². The number of carbonyl (C=O) groups excluding carboxylic acids is 1. The maximum Gasteiger partial charge on any atom is 0.237 e. The van der Waals surface area contributed by atoms with Gasteiger partial charge in [0.1, 0.15) is 0 Å². The first-order chi connectivity index (χ1) is 8.01. The highest BCUT2D eigenvalue weighted by molar-refractivity contribution is 7.88. The second-order valence-corrected chi connectivity index (χ2v) is 7.27. The van der Waals surface area contributed by atoms with E-state index in [0.29, 0.717) is 19.5 Å². The summed E-state index contributed by atoms with van der Waals surface area (Å²) in [6.07, 6.45) is 1.76. The van der Waals surface area contributed by atoms with Crippen molar-refractivity contribution >= 4 is 15.9 Å². The van der Waals surface area contributed by atoms with Crippen LogP contribution >= 0.6 is 0 Å². The van der Waals surface area contributed by atoms with Crippen LogP contribution in [0.1, 0.15) is 34.1 Å². The lowest BCUT2D eigenvalue weighted by Crippen LogP contribution is -2.49. The molecule has 18 heavy (non-hydrogen) atoms. The second-order valence-electron chi connectivity index (χ2n) is 5.44. The summed E-state index contributed by atoms with van der Waals surface area (Å²) in [5.74, 6) is -0.0569. The Hall–Kier alpha value is -0.660. The molecule has 0 fully saturated rings. The average molecular weight is 279 g/mol. The van der Waals surface area contributed by atoms with E-state index in [2.05, 4.69) is 15.4 Å². The number of carbonyl (C=O) groups is 1. The van der Waals surface area contributed by atoms with Crippen LogP contribution in [0.5, 0.6) is 0 Å². The molecule has 0 saturated carbocycles. The molecule has 0 aromatic rings. The number of hydrogen-bond donors (Lipinski definition) is 3. The van der Waals surface area contributed by atoms with Crippen molar-refractivity contribution in [3.8, 4) is 0 Å². The van der Waals surface area contributed by atoms with Crippen molar-refractivity contribution in [1.82, 2.24) is 15.4 Å². The lowest BCUT2D eigenvalue weighted by atomic mass is 10.1. The Balaban J connectivity index is 3.77. The van der Waals surface area contributed by atoms with E-state index in [-0.39, 0.29) is 17.5 Å². The van der Waals surface area contributed by atoms with Gasteiger partial charge in [0.15, 0.2) is 0 Å². The molecule has 0 bridgehead atoms. The average Bonchev–Trinajstić information content (AvgIpc) is 2.12. The van der Waals surface area contributed by atoms with E-state index in [1.165, 1.54) is 0 Å². The minimum absolute atomic E-state index is 0.0569. The van der Waals surface area contributed by atoms with Crippen LogP contribution in [0, 0.1) is 0 Å². The van der Waals surface area contributed by atoms with Gasteiger partial charge in [0.25, 0.3) is 0 Å². The van der Waals surface area contributed by atoms with Crippen molar-refractivity contribution in [2.75, 3.05) is 19.3 Å². The van der Waals surface area contributed by atoms with Crippen LogP contribution < -0.4 is 15.4 Å². The van der Waals surface area contributed by atoms with Gasteiger partial charge in [0.05, 0.1) is 12.3 Å². The summed E-state index contributed by atoms with van der Waals surface area (Å²) in [4.78, 5) is 11.7. The van der Waals surface area contributed by atoms with Gasteiger partial charge in [-0.1, -0.05) is 0 Å². The summed E-state index contributed by atoms with van der Waals surface area (Å²) in [7, 11) is -3.12. The lowest BCUT2D eigenvalue weighted by Gasteiger charge is -2.23. The van der Waals surface area contributed by atoms with Crippen molar-refractivity contribution in [3.63, 3.8) is 0 Å². The van der Waals surface area contributed by atoms with Gasteiger partial charge in [0, 0.05) is 12.1 Å². The zero-order chi connectivity index (χ0) is 14.4. The third-order valence-corrected chi connectivity index (χ3v) is 2.79. The van der Waals surface area contributed by atoms with E-state index in [0.717, 1.165) is 6.26 Å². The summed E-state index contributed by atoms with van der Waals surface area (Å²) >= 11 is 0. The van der Waals surface area contributed by atoms with E-state index >= 15 is 0 Å². The van der Waals surface area contributed by atoms with Crippen LogP contribution in [-0.4, -0.2) is 45.3 Å². The van der Waals surface area contributed by atoms with Crippen LogP contribution in [0.4, 0.5) is 0 Å². The molecule has 7 heteroatoms. The fourth-order valence-electron chi connectivity index (χ4n) is 1.24. The van der Waals surface area contributed by atoms with Gasteiger partial charge in [-0.05, 0) is 40.7 Å². The Kier molecular flexibility index (Phi) is 6.80. The molecule has 1 unspecified atom stereocenters.